The van der Waals surface area contributed by atoms with Crippen LogP contribution in [0.2, 0.25) is 0 Å². The first-order chi connectivity index (χ1) is 16.0. The molecule has 0 saturated carbocycles. The summed E-state index contributed by atoms with van der Waals surface area (Å²) in [5, 5.41) is 0. The molecule has 1 heterocycles. The van der Waals surface area contributed by atoms with Crippen LogP contribution in [0.3, 0.4) is 0 Å². The van der Waals surface area contributed by atoms with E-state index in [1.54, 1.807) is 37.3 Å². The van der Waals surface area contributed by atoms with Gasteiger partial charge in [0.15, 0.2) is 5.76 Å². The Morgan fingerprint density at radius 3 is 2.18 bits per heavy atom. The fourth-order valence-electron chi connectivity index (χ4n) is 3.87. The highest BCUT2D eigenvalue weighted by Crippen LogP contribution is 2.39. The lowest BCUT2D eigenvalue weighted by Gasteiger charge is -2.19. The summed E-state index contributed by atoms with van der Waals surface area (Å²) in [6, 6.07) is 18.8. The molecule has 0 fully saturated rings. The third-order valence-electron chi connectivity index (χ3n) is 6.13. The van der Waals surface area contributed by atoms with E-state index in [9.17, 15) is 9.59 Å². The Morgan fingerprint density at radius 2 is 1.59 bits per heavy atom. The van der Waals surface area contributed by atoms with Crippen LogP contribution in [-0.4, -0.2) is 11.8 Å². The summed E-state index contributed by atoms with van der Waals surface area (Å²) in [6.07, 6.45) is 1.74. The number of carbonyl (C=O) groups excluding carboxylic acids is 2. The van der Waals surface area contributed by atoms with E-state index in [-0.39, 0.29) is 17.0 Å². The first-order valence-electron chi connectivity index (χ1n) is 11.5. The minimum Gasteiger partial charge on any atom is -0.452 e. The molecule has 4 heteroatoms. The monoisotopic (exact) mass is 454 g/mol. The van der Waals surface area contributed by atoms with Crippen molar-refractivity contribution in [1.82, 2.24) is 0 Å². The lowest BCUT2D eigenvalue weighted by atomic mass is 9.87. The fraction of sp³-hybridized carbons (Fsp3) is 0.267. The normalized spacial score (nSPS) is 14.3. The summed E-state index contributed by atoms with van der Waals surface area (Å²) in [6.45, 7) is 12.4. The van der Waals surface area contributed by atoms with E-state index in [0.717, 1.165) is 11.1 Å². The van der Waals surface area contributed by atoms with Crippen molar-refractivity contribution in [2.75, 3.05) is 0 Å². The Labute approximate surface area is 201 Å². The third-order valence-corrected chi connectivity index (χ3v) is 6.13. The Bertz CT molecular complexity index is 1270. The van der Waals surface area contributed by atoms with Crippen LogP contribution in [0.15, 0.2) is 66.4 Å². The molecular formula is C30H30O4. The zero-order valence-electron chi connectivity index (χ0n) is 20.6. The van der Waals surface area contributed by atoms with Gasteiger partial charge < -0.3 is 9.47 Å². The second-order valence-electron chi connectivity index (χ2n) is 10.0. The van der Waals surface area contributed by atoms with Gasteiger partial charge in [-0.25, -0.2) is 4.79 Å². The van der Waals surface area contributed by atoms with Gasteiger partial charge in [-0.05, 0) is 65.3 Å². The molecule has 0 unspecified atom stereocenters. The van der Waals surface area contributed by atoms with Gasteiger partial charge in [0.2, 0.25) is 5.78 Å². The fourth-order valence-corrected chi connectivity index (χ4v) is 3.87. The smallest absolute Gasteiger partial charge is 0.343 e. The molecule has 0 N–H and O–H groups in total. The van der Waals surface area contributed by atoms with Gasteiger partial charge in [0.1, 0.15) is 11.5 Å². The third kappa shape index (κ3) is 4.67. The minimum atomic E-state index is -0.450. The number of carbonyl (C=O) groups is 2. The van der Waals surface area contributed by atoms with Crippen LogP contribution >= 0.6 is 0 Å². The van der Waals surface area contributed by atoms with Gasteiger partial charge in [0.05, 0.1) is 11.1 Å². The van der Waals surface area contributed by atoms with Gasteiger partial charge in [-0.15, -0.1) is 0 Å². The Kier molecular flexibility index (Phi) is 6.18. The average molecular weight is 455 g/mol. The van der Waals surface area contributed by atoms with Crippen molar-refractivity contribution < 1.29 is 19.1 Å². The summed E-state index contributed by atoms with van der Waals surface area (Å²) in [7, 11) is 0. The second kappa shape index (κ2) is 8.94. The molecule has 1 aliphatic rings. The first kappa shape index (κ1) is 23.5. The number of rotatable bonds is 4. The van der Waals surface area contributed by atoms with Crippen molar-refractivity contribution in [2.24, 2.45) is 0 Å². The Hall–Kier alpha value is -3.66. The molecule has 3 aromatic rings. The highest BCUT2D eigenvalue weighted by atomic mass is 16.5. The largest absolute Gasteiger partial charge is 0.452 e. The predicted molar refractivity (Wildman–Crippen MR) is 135 cm³/mol. The van der Waals surface area contributed by atoms with Gasteiger partial charge in [-0.2, -0.15) is 0 Å². The van der Waals surface area contributed by atoms with Crippen LogP contribution in [0.4, 0.5) is 0 Å². The van der Waals surface area contributed by atoms with Gasteiger partial charge in [0, 0.05) is 5.56 Å². The number of hydrogen-bond acceptors (Lipinski definition) is 4. The molecule has 0 radical (unpaired) electrons. The molecule has 0 saturated heterocycles. The van der Waals surface area contributed by atoms with Crippen molar-refractivity contribution in [1.29, 1.82) is 0 Å². The van der Waals surface area contributed by atoms with Crippen molar-refractivity contribution >= 4 is 17.8 Å². The second-order valence-corrected chi connectivity index (χ2v) is 10.0. The molecule has 0 spiro atoms. The summed E-state index contributed by atoms with van der Waals surface area (Å²) in [4.78, 5) is 25.6. The van der Waals surface area contributed by atoms with E-state index >= 15 is 0 Å². The molecule has 3 aromatic carbocycles. The van der Waals surface area contributed by atoms with Crippen molar-refractivity contribution in [3.63, 3.8) is 0 Å². The summed E-state index contributed by atoms with van der Waals surface area (Å²) in [5.41, 5.74) is 4.83. The molecule has 0 aliphatic carbocycles. The summed E-state index contributed by atoms with van der Waals surface area (Å²) < 4.78 is 11.6. The predicted octanol–water partition coefficient (Wildman–Crippen LogP) is 7.25. The number of ether oxygens (including phenoxy) is 2. The number of benzene rings is 3. The summed E-state index contributed by atoms with van der Waals surface area (Å²) in [5.74, 6) is 0.880. The Balaban J connectivity index is 1.54. The topological polar surface area (TPSA) is 52.6 Å². The number of esters is 1. The SMILES string of the molecule is Cc1c(OC(=O)c2ccc(C(C)(C)C)cc2)ccc2c1O/C(=C\c1ccc(C(C)C)cc1)C2=O. The highest BCUT2D eigenvalue weighted by Gasteiger charge is 2.30. The zero-order valence-corrected chi connectivity index (χ0v) is 20.6. The zero-order chi connectivity index (χ0) is 24.6. The Morgan fingerprint density at radius 1 is 0.941 bits per heavy atom. The van der Waals surface area contributed by atoms with Crippen molar-refractivity contribution in [3.05, 3.63) is 99.8 Å². The lowest BCUT2D eigenvalue weighted by molar-refractivity contribution is 0.0733. The lowest BCUT2D eigenvalue weighted by Crippen LogP contribution is -2.13. The van der Waals surface area contributed by atoms with Crippen LogP contribution in [0, 0.1) is 6.92 Å². The van der Waals surface area contributed by atoms with E-state index in [1.165, 1.54) is 5.56 Å². The van der Waals surface area contributed by atoms with Crippen LogP contribution in [0.5, 0.6) is 11.5 Å². The molecule has 34 heavy (non-hydrogen) atoms. The van der Waals surface area contributed by atoms with Crippen LogP contribution < -0.4 is 9.47 Å². The molecule has 0 aromatic heterocycles. The number of hydrogen-bond donors (Lipinski definition) is 0. The first-order valence-corrected chi connectivity index (χ1v) is 11.5. The highest BCUT2D eigenvalue weighted by molar-refractivity contribution is 6.15. The molecular weight excluding hydrogens is 424 g/mol. The minimum absolute atomic E-state index is 0.00454. The van der Waals surface area contributed by atoms with Crippen LogP contribution in [0.1, 0.15) is 83.5 Å². The number of Topliss-reactive ketones (excluding diaryl/α,β-unsaturated/α-hetero) is 1. The van der Waals surface area contributed by atoms with E-state index in [4.69, 9.17) is 9.47 Å². The molecule has 0 atom stereocenters. The number of ketones is 1. The number of fused-ring (bicyclic) bond motifs is 1. The number of allylic oxidation sites excluding steroid dienone is 1. The van der Waals surface area contributed by atoms with E-state index in [1.807, 2.05) is 24.3 Å². The molecule has 0 bridgehead atoms. The molecule has 4 rings (SSSR count). The van der Waals surface area contributed by atoms with Crippen molar-refractivity contribution in [3.8, 4) is 11.5 Å². The summed E-state index contributed by atoms with van der Waals surface area (Å²) >= 11 is 0. The maximum atomic E-state index is 12.9. The maximum absolute atomic E-state index is 12.9. The quantitative estimate of drug-likeness (QED) is 0.237. The van der Waals surface area contributed by atoms with Crippen LogP contribution in [0.25, 0.3) is 6.08 Å². The average Bonchev–Trinajstić information content (AvgIpc) is 3.11. The van der Waals surface area contributed by atoms with E-state index < -0.39 is 5.97 Å². The van der Waals surface area contributed by atoms with Gasteiger partial charge in [-0.3, -0.25) is 4.79 Å². The van der Waals surface area contributed by atoms with E-state index in [0.29, 0.717) is 34.1 Å². The molecule has 1 aliphatic heterocycles. The molecule has 174 valence electrons. The van der Waals surface area contributed by atoms with Gasteiger partial charge in [-0.1, -0.05) is 71.0 Å². The van der Waals surface area contributed by atoms with Gasteiger partial charge >= 0.3 is 5.97 Å². The van der Waals surface area contributed by atoms with Crippen LogP contribution in [-0.2, 0) is 5.41 Å². The van der Waals surface area contributed by atoms with Crippen molar-refractivity contribution in [2.45, 2.75) is 52.9 Å². The van der Waals surface area contributed by atoms with E-state index in [2.05, 4.69) is 46.8 Å². The van der Waals surface area contributed by atoms with Gasteiger partial charge in [0.25, 0.3) is 0 Å². The molecule has 0 amide bonds. The molecule has 4 nitrogen and oxygen atoms in total. The standard InChI is InChI=1S/C30H30O4/c1-18(2)21-9-7-20(8-10-21)17-26-27(31)24-15-16-25(19(3)28(24)33-26)34-29(32)22-11-13-23(14-12-22)30(4,5)6/h7-18H,1-6H3/b26-17-. The maximum Gasteiger partial charge on any atom is 0.343 e.